The van der Waals surface area contributed by atoms with Crippen LogP contribution in [0, 0.1) is 0 Å². The molecule has 0 saturated heterocycles. The molecule has 0 saturated carbocycles. The van der Waals surface area contributed by atoms with Crippen LogP contribution < -0.4 is 0 Å². The van der Waals surface area contributed by atoms with E-state index in [1.54, 1.807) is 7.05 Å². The molecule has 0 spiro atoms. The first-order chi connectivity index (χ1) is 24.7. The Morgan fingerprint density at radius 1 is 0.500 bits per heavy atom. The molecule has 1 aliphatic carbocycles. The topological polar surface area (TPSA) is 103 Å². The SMILES string of the molecule is CN(CCOCCOCCOCCOCCOCCOCCOCCOCc1ccccc1)C(=O)OCC1c2ccccc2-c2ccccc21. The number of hydrogen-bond acceptors (Lipinski definition) is 10. The minimum absolute atomic E-state index is 0.0421. The van der Waals surface area contributed by atoms with Gasteiger partial charge in [-0.1, -0.05) is 78.9 Å². The molecule has 11 nitrogen and oxygen atoms in total. The zero-order valence-electron chi connectivity index (χ0n) is 29.3. The van der Waals surface area contributed by atoms with Crippen LogP contribution in [0.15, 0.2) is 78.9 Å². The smallest absolute Gasteiger partial charge is 0.409 e. The van der Waals surface area contributed by atoms with E-state index in [-0.39, 0.29) is 12.0 Å². The number of hydrogen-bond donors (Lipinski definition) is 0. The molecule has 4 rings (SSSR count). The monoisotopic (exact) mass is 695 g/mol. The molecule has 1 amide bonds. The molecule has 3 aromatic rings. The van der Waals surface area contributed by atoms with Gasteiger partial charge in [0, 0.05) is 19.5 Å². The molecule has 274 valence electrons. The summed E-state index contributed by atoms with van der Waals surface area (Å²) in [4.78, 5) is 14.1. The molecule has 0 fully saturated rings. The predicted molar refractivity (Wildman–Crippen MR) is 190 cm³/mol. The van der Waals surface area contributed by atoms with Gasteiger partial charge >= 0.3 is 6.09 Å². The van der Waals surface area contributed by atoms with E-state index >= 15 is 0 Å². The Bertz CT molecular complexity index is 1280. The zero-order valence-corrected chi connectivity index (χ0v) is 29.3. The number of nitrogens with zero attached hydrogens (tertiary/aromatic N) is 1. The van der Waals surface area contributed by atoms with Crippen molar-refractivity contribution < 1.29 is 47.4 Å². The summed E-state index contributed by atoms with van der Waals surface area (Å²) < 4.78 is 49.9. The lowest BCUT2D eigenvalue weighted by Crippen LogP contribution is -2.32. The average molecular weight is 696 g/mol. The van der Waals surface area contributed by atoms with Crippen molar-refractivity contribution in [1.82, 2.24) is 4.90 Å². The second kappa shape index (κ2) is 24.7. The maximum absolute atomic E-state index is 12.6. The fourth-order valence-electron chi connectivity index (χ4n) is 5.30. The lowest BCUT2D eigenvalue weighted by molar-refractivity contribution is -0.0238. The lowest BCUT2D eigenvalue weighted by Gasteiger charge is -2.19. The van der Waals surface area contributed by atoms with Gasteiger partial charge in [0.2, 0.25) is 0 Å². The Labute approximate surface area is 296 Å². The van der Waals surface area contributed by atoms with Gasteiger partial charge in [0.05, 0.1) is 106 Å². The number of benzene rings is 3. The highest BCUT2D eigenvalue weighted by molar-refractivity contribution is 5.79. The van der Waals surface area contributed by atoms with Crippen molar-refractivity contribution in [3.8, 4) is 11.1 Å². The zero-order chi connectivity index (χ0) is 34.9. The third kappa shape index (κ3) is 14.8. The summed E-state index contributed by atoms with van der Waals surface area (Å²) >= 11 is 0. The Balaban J connectivity index is 0.844. The van der Waals surface area contributed by atoms with Crippen LogP contribution in [0.4, 0.5) is 4.79 Å². The number of carbonyl (C=O) groups excluding carboxylic acids is 1. The van der Waals surface area contributed by atoms with Gasteiger partial charge in [-0.3, -0.25) is 0 Å². The van der Waals surface area contributed by atoms with Crippen molar-refractivity contribution >= 4 is 6.09 Å². The number of amides is 1. The summed E-state index contributed by atoms with van der Waals surface area (Å²) in [6.45, 7) is 8.73. The minimum Gasteiger partial charge on any atom is -0.448 e. The largest absolute Gasteiger partial charge is 0.448 e. The van der Waals surface area contributed by atoms with Crippen LogP contribution in [0.3, 0.4) is 0 Å². The van der Waals surface area contributed by atoms with Gasteiger partial charge in [0.25, 0.3) is 0 Å². The molecule has 0 bridgehead atoms. The maximum Gasteiger partial charge on any atom is 0.409 e. The fraction of sp³-hybridized carbons (Fsp3) is 0.513. The Kier molecular flexibility index (Phi) is 19.5. The maximum atomic E-state index is 12.6. The average Bonchev–Trinajstić information content (AvgIpc) is 3.47. The van der Waals surface area contributed by atoms with Crippen molar-refractivity contribution in [3.05, 3.63) is 95.6 Å². The van der Waals surface area contributed by atoms with Crippen molar-refractivity contribution in [2.24, 2.45) is 0 Å². The van der Waals surface area contributed by atoms with Gasteiger partial charge < -0.3 is 47.5 Å². The van der Waals surface area contributed by atoms with E-state index in [0.29, 0.717) is 119 Å². The van der Waals surface area contributed by atoms with Crippen LogP contribution in [0.1, 0.15) is 22.6 Å². The van der Waals surface area contributed by atoms with E-state index in [1.165, 1.54) is 27.2 Å². The molecule has 3 aromatic carbocycles. The van der Waals surface area contributed by atoms with E-state index in [1.807, 2.05) is 54.6 Å². The van der Waals surface area contributed by atoms with Crippen molar-refractivity contribution in [1.29, 1.82) is 0 Å². The number of carbonyl (C=O) groups is 1. The first kappa shape index (κ1) is 39.4. The van der Waals surface area contributed by atoms with E-state index in [0.717, 1.165) is 5.56 Å². The fourth-order valence-corrected chi connectivity index (χ4v) is 5.30. The van der Waals surface area contributed by atoms with Crippen LogP contribution in [-0.4, -0.2) is 130 Å². The summed E-state index contributed by atoms with van der Waals surface area (Å²) in [5.41, 5.74) is 5.96. The van der Waals surface area contributed by atoms with Gasteiger partial charge in [-0.15, -0.1) is 0 Å². The number of ether oxygens (including phenoxy) is 9. The lowest BCUT2D eigenvalue weighted by atomic mass is 9.98. The highest BCUT2D eigenvalue weighted by Crippen LogP contribution is 2.44. The molecule has 0 unspecified atom stereocenters. The molecule has 0 aliphatic heterocycles. The highest BCUT2D eigenvalue weighted by Gasteiger charge is 2.29. The molecule has 0 radical (unpaired) electrons. The van der Waals surface area contributed by atoms with Gasteiger partial charge in [0.15, 0.2) is 0 Å². The van der Waals surface area contributed by atoms with Gasteiger partial charge in [-0.25, -0.2) is 4.79 Å². The third-order valence-corrected chi connectivity index (χ3v) is 7.93. The Hall–Kier alpha value is -3.39. The van der Waals surface area contributed by atoms with E-state index in [2.05, 4.69) is 24.3 Å². The number of fused-ring (bicyclic) bond motifs is 3. The van der Waals surface area contributed by atoms with Gasteiger partial charge in [-0.2, -0.15) is 0 Å². The van der Waals surface area contributed by atoms with Crippen molar-refractivity contribution in [2.45, 2.75) is 12.5 Å². The van der Waals surface area contributed by atoms with Crippen molar-refractivity contribution in [2.75, 3.05) is 119 Å². The van der Waals surface area contributed by atoms with Gasteiger partial charge in [-0.05, 0) is 27.8 Å². The van der Waals surface area contributed by atoms with Crippen LogP contribution in [0.25, 0.3) is 11.1 Å². The van der Waals surface area contributed by atoms with E-state index in [4.69, 9.17) is 42.6 Å². The quantitative estimate of drug-likeness (QED) is 0.0943. The first-order valence-corrected chi connectivity index (χ1v) is 17.5. The third-order valence-electron chi connectivity index (χ3n) is 7.93. The summed E-state index contributed by atoms with van der Waals surface area (Å²) in [6.07, 6.45) is -0.361. The number of rotatable bonds is 28. The summed E-state index contributed by atoms with van der Waals surface area (Å²) in [5, 5.41) is 0. The summed E-state index contributed by atoms with van der Waals surface area (Å²) in [7, 11) is 1.72. The van der Waals surface area contributed by atoms with E-state index in [9.17, 15) is 4.79 Å². The molecular formula is C39H53NO10. The summed E-state index contributed by atoms with van der Waals surface area (Å²) in [6, 6.07) is 26.7. The predicted octanol–water partition coefficient (Wildman–Crippen LogP) is 5.20. The molecular weight excluding hydrogens is 642 g/mol. The molecule has 0 heterocycles. The normalized spacial score (nSPS) is 12.2. The molecule has 1 aliphatic rings. The summed E-state index contributed by atoms with van der Waals surface area (Å²) in [5.74, 6) is 0.0421. The number of likely N-dealkylation sites (N-methyl/N-ethyl adjacent to an activating group) is 1. The highest BCUT2D eigenvalue weighted by atomic mass is 16.6. The Morgan fingerprint density at radius 2 is 0.880 bits per heavy atom. The molecule has 0 N–H and O–H groups in total. The standard InChI is InChI=1S/C39H53NO10/c1-40(39(41)50-32-38-36-13-7-5-11-34(36)35-12-6-8-14-37(35)38)15-16-42-17-18-43-19-20-44-21-22-45-23-24-46-25-26-47-27-28-48-29-30-49-31-33-9-3-2-4-10-33/h2-14,38H,15-32H2,1H3. The Morgan fingerprint density at radius 3 is 1.34 bits per heavy atom. The van der Waals surface area contributed by atoms with Crippen LogP contribution >= 0.6 is 0 Å². The van der Waals surface area contributed by atoms with Crippen LogP contribution in [0.2, 0.25) is 0 Å². The van der Waals surface area contributed by atoms with Crippen LogP contribution in [0.5, 0.6) is 0 Å². The second-order valence-corrected chi connectivity index (χ2v) is 11.6. The van der Waals surface area contributed by atoms with E-state index < -0.39 is 0 Å². The molecule has 0 atom stereocenters. The molecule has 0 aromatic heterocycles. The van der Waals surface area contributed by atoms with Crippen LogP contribution in [-0.2, 0) is 49.2 Å². The first-order valence-electron chi connectivity index (χ1n) is 17.5. The molecule has 11 heteroatoms. The minimum atomic E-state index is -0.361. The molecule has 50 heavy (non-hydrogen) atoms. The van der Waals surface area contributed by atoms with Crippen molar-refractivity contribution in [3.63, 3.8) is 0 Å². The second-order valence-electron chi connectivity index (χ2n) is 11.6. The van der Waals surface area contributed by atoms with Gasteiger partial charge in [0.1, 0.15) is 6.61 Å².